The third-order valence-electron chi connectivity index (χ3n) is 6.02. The molecule has 2 aromatic rings. The molecule has 0 amide bonds. The summed E-state index contributed by atoms with van der Waals surface area (Å²) < 4.78 is 10.4. The average molecular weight is 482 g/mol. The molecule has 0 fully saturated rings. The Balaban J connectivity index is 1.97. The van der Waals surface area contributed by atoms with Gasteiger partial charge in [-0.15, -0.1) is 0 Å². The topological polar surface area (TPSA) is 142 Å². The molecule has 9 nitrogen and oxygen atoms in total. The minimum Gasteiger partial charge on any atom is -0.497 e. The van der Waals surface area contributed by atoms with Crippen LogP contribution in [0.15, 0.2) is 76.2 Å². The number of carbonyl (C=O) groups is 2. The van der Waals surface area contributed by atoms with Crippen LogP contribution < -0.4 is 10.5 Å². The number of allylic oxidation sites excluding steroid dienone is 2. The second-order valence-corrected chi connectivity index (χ2v) is 7.96. The van der Waals surface area contributed by atoms with Crippen molar-refractivity contribution in [2.75, 3.05) is 20.3 Å². The molecule has 1 atom stereocenters. The van der Waals surface area contributed by atoms with E-state index in [0.29, 0.717) is 33.8 Å². The van der Waals surface area contributed by atoms with E-state index in [-0.39, 0.29) is 36.5 Å². The number of hydrogen-bond donors (Lipinski definition) is 1. The van der Waals surface area contributed by atoms with Gasteiger partial charge in [0, 0.05) is 24.2 Å². The van der Waals surface area contributed by atoms with Gasteiger partial charge in [0.15, 0.2) is 11.8 Å². The van der Waals surface area contributed by atoms with Gasteiger partial charge in [-0.1, -0.05) is 18.2 Å². The number of nitriles is 2. The van der Waals surface area contributed by atoms with E-state index in [4.69, 9.17) is 15.2 Å². The fraction of sp³-hybridized carbons (Fsp3) is 0.222. The van der Waals surface area contributed by atoms with Crippen LogP contribution >= 0.6 is 0 Å². The summed E-state index contributed by atoms with van der Waals surface area (Å²) in [5, 5.41) is 19.9. The Morgan fingerprint density at radius 1 is 1.14 bits per heavy atom. The Labute approximate surface area is 208 Å². The van der Waals surface area contributed by atoms with Gasteiger partial charge in [0.2, 0.25) is 0 Å². The Morgan fingerprint density at radius 2 is 1.86 bits per heavy atom. The van der Waals surface area contributed by atoms with Crippen molar-refractivity contribution in [1.82, 2.24) is 4.90 Å². The van der Waals surface area contributed by atoms with E-state index in [1.165, 1.54) is 4.90 Å². The van der Waals surface area contributed by atoms with Crippen LogP contribution in [0.2, 0.25) is 0 Å². The summed E-state index contributed by atoms with van der Waals surface area (Å²) >= 11 is 0. The minimum atomic E-state index is -1.35. The number of esters is 1. The SMILES string of the molecule is CCOC(=O)C1C(=O)C(CN)=C2N=C(c3ccc(OC)cc3)C(C#N)=C(Cc3ccccc3C#N)N21. The number of nitrogens with two attached hydrogens (primary N) is 1. The zero-order valence-electron chi connectivity index (χ0n) is 19.8. The Morgan fingerprint density at radius 3 is 2.47 bits per heavy atom. The van der Waals surface area contributed by atoms with Gasteiger partial charge >= 0.3 is 5.97 Å². The molecule has 0 aromatic heterocycles. The van der Waals surface area contributed by atoms with Crippen molar-refractivity contribution in [3.05, 3.63) is 87.9 Å². The fourth-order valence-electron chi connectivity index (χ4n) is 4.32. The normalized spacial score (nSPS) is 16.8. The van der Waals surface area contributed by atoms with E-state index in [9.17, 15) is 20.1 Å². The first-order valence-electron chi connectivity index (χ1n) is 11.3. The molecule has 2 N–H and O–H groups in total. The van der Waals surface area contributed by atoms with E-state index in [0.717, 1.165) is 0 Å². The summed E-state index contributed by atoms with van der Waals surface area (Å²) in [5.74, 6) is -0.443. The van der Waals surface area contributed by atoms with Crippen molar-refractivity contribution in [1.29, 1.82) is 10.5 Å². The lowest BCUT2D eigenvalue weighted by Gasteiger charge is -2.32. The summed E-state index contributed by atoms with van der Waals surface area (Å²) in [6.45, 7) is 1.57. The van der Waals surface area contributed by atoms with Crippen LogP contribution in [0.25, 0.3) is 0 Å². The molecule has 2 aliphatic rings. The van der Waals surface area contributed by atoms with Gasteiger partial charge in [0.25, 0.3) is 0 Å². The second-order valence-electron chi connectivity index (χ2n) is 7.96. The minimum absolute atomic E-state index is 0.0749. The number of ether oxygens (including phenoxy) is 2. The zero-order chi connectivity index (χ0) is 25.8. The first kappa shape index (κ1) is 24.4. The summed E-state index contributed by atoms with van der Waals surface area (Å²) in [4.78, 5) is 32.4. The summed E-state index contributed by atoms with van der Waals surface area (Å²) in [6.07, 6.45) is 0.104. The van der Waals surface area contributed by atoms with Crippen LogP contribution in [-0.4, -0.2) is 48.7 Å². The molecule has 36 heavy (non-hydrogen) atoms. The number of ketones is 1. The van der Waals surface area contributed by atoms with E-state index >= 15 is 0 Å². The average Bonchev–Trinajstić information content (AvgIpc) is 3.19. The van der Waals surface area contributed by atoms with E-state index in [2.05, 4.69) is 17.1 Å². The highest BCUT2D eigenvalue weighted by atomic mass is 16.5. The van der Waals surface area contributed by atoms with Gasteiger partial charge in [0.05, 0.1) is 42.2 Å². The molecule has 2 aliphatic heterocycles. The van der Waals surface area contributed by atoms with Gasteiger partial charge in [-0.2, -0.15) is 10.5 Å². The molecule has 2 aromatic carbocycles. The van der Waals surface area contributed by atoms with Crippen LogP contribution in [0.5, 0.6) is 5.75 Å². The molecule has 0 saturated carbocycles. The Hall–Kier alpha value is -4.73. The highest BCUT2D eigenvalue weighted by molar-refractivity contribution is 6.20. The van der Waals surface area contributed by atoms with Gasteiger partial charge in [-0.05, 0) is 42.8 Å². The number of aliphatic imine (C=N–C) groups is 1. The fourth-order valence-corrected chi connectivity index (χ4v) is 4.32. The number of benzene rings is 2. The highest BCUT2D eigenvalue weighted by Crippen LogP contribution is 2.39. The third kappa shape index (κ3) is 4.13. The molecule has 0 bridgehead atoms. The van der Waals surface area contributed by atoms with Gasteiger partial charge in [-0.3, -0.25) is 4.79 Å². The lowest BCUT2D eigenvalue weighted by molar-refractivity contribution is -0.150. The molecule has 180 valence electrons. The molecule has 4 rings (SSSR count). The molecule has 9 heteroatoms. The largest absolute Gasteiger partial charge is 0.497 e. The molecule has 0 saturated heterocycles. The predicted molar refractivity (Wildman–Crippen MR) is 130 cm³/mol. The standard InChI is InChI=1S/C27H23N5O4/c1-3-36-27(34)24-25(33)21(15-30)26-31-23(16-8-10-19(35-2)11-9-16)20(14-29)22(32(24)26)12-17-6-4-5-7-18(17)13-28/h4-11,24H,3,12,15,30H2,1-2H3. The molecule has 0 spiro atoms. The number of rotatable bonds is 7. The van der Waals surface area contributed by atoms with Crippen molar-refractivity contribution < 1.29 is 19.1 Å². The molecular weight excluding hydrogens is 458 g/mol. The molecular formula is C27H23N5O4. The molecule has 1 unspecified atom stereocenters. The summed E-state index contributed by atoms with van der Waals surface area (Å²) in [7, 11) is 1.55. The lowest BCUT2D eigenvalue weighted by Crippen LogP contribution is -2.44. The van der Waals surface area contributed by atoms with E-state index in [1.807, 2.05) is 0 Å². The maximum Gasteiger partial charge on any atom is 0.337 e. The monoisotopic (exact) mass is 481 g/mol. The molecule has 2 heterocycles. The third-order valence-corrected chi connectivity index (χ3v) is 6.02. The lowest BCUT2D eigenvalue weighted by atomic mass is 9.94. The number of hydrogen-bond acceptors (Lipinski definition) is 9. The van der Waals surface area contributed by atoms with Crippen molar-refractivity contribution in [2.24, 2.45) is 10.7 Å². The second kappa shape index (κ2) is 10.3. The number of Topliss-reactive ketones (excluding diaryl/α,β-unsaturated/α-hetero) is 1. The zero-order valence-corrected chi connectivity index (χ0v) is 19.8. The van der Waals surface area contributed by atoms with Crippen LogP contribution in [0.3, 0.4) is 0 Å². The van der Waals surface area contributed by atoms with Crippen LogP contribution in [0, 0.1) is 22.7 Å². The maximum atomic E-state index is 13.3. The van der Waals surface area contributed by atoms with E-state index < -0.39 is 17.8 Å². The number of nitrogens with zero attached hydrogens (tertiary/aromatic N) is 4. The molecule has 0 radical (unpaired) electrons. The van der Waals surface area contributed by atoms with Gasteiger partial charge in [-0.25, -0.2) is 9.79 Å². The summed E-state index contributed by atoms with van der Waals surface area (Å²) in [5.41, 5.74) is 8.65. The van der Waals surface area contributed by atoms with Crippen molar-refractivity contribution in [3.63, 3.8) is 0 Å². The van der Waals surface area contributed by atoms with Crippen LogP contribution in [0.4, 0.5) is 0 Å². The quantitative estimate of drug-likeness (QED) is 0.469. The smallest absolute Gasteiger partial charge is 0.337 e. The highest BCUT2D eigenvalue weighted by Gasteiger charge is 2.48. The van der Waals surface area contributed by atoms with Crippen molar-refractivity contribution in [2.45, 2.75) is 19.4 Å². The number of methoxy groups -OCH3 is 1. The van der Waals surface area contributed by atoms with Crippen LogP contribution in [0.1, 0.15) is 23.6 Å². The molecule has 0 aliphatic carbocycles. The van der Waals surface area contributed by atoms with E-state index in [1.54, 1.807) is 62.6 Å². The van der Waals surface area contributed by atoms with Gasteiger partial charge in [0.1, 0.15) is 17.6 Å². The van der Waals surface area contributed by atoms with Crippen LogP contribution in [-0.2, 0) is 20.7 Å². The number of fused-ring (bicyclic) bond motifs is 1. The van der Waals surface area contributed by atoms with Crippen molar-refractivity contribution in [3.8, 4) is 17.9 Å². The first-order valence-corrected chi connectivity index (χ1v) is 11.3. The van der Waals surface area contributed by atoms with Crippen molar-refractivity contribution >= 4 is 17.5 Å². The first-order chi connectivity index (χ1) is 17.5. The number of carbonyl (C=O) groups excluding carboxylic acids is 2. The maximum absolute atomic E-state index is 13.3. The predicted octanol–water partition coefficient (Wildman–Crippen LogP) is 2.38. The summed E-state index contributed by atoms with van der Waals surface area (Å²) in [6, 6.07) is 17.0. The van der Waals surface area contributed by atoms with Gasteiger partial charge < -0.3 is 20.1 Å². The Kier molecular flexibility index (Phi) is 6.95. The Bertz CT molecular complexity index is 1410.